The van der Waals surface area contributed by atoms with Crippen LogP contribution in [0.2, 0.25) is 0 Å². The summed E-state index contributed by atoms with van der Waals surface area (Å²) >= 11 is 0. The molecule has 0 spiro atoms. The molecule has 0 saturated heterocycles. The van der Waals surface area contributed by atoms with Crippen LogP contribution < -0.4 is 5.32 Å². The average molecular weight is 259 g/mol. The second kappa shape index (κ2) is 5.10. The second-order valence-corrected chi connectivity index (χ2v) is 4.58. The van der Waals surface area contributed by atoms with Gasteiger partial charge in [0.15, 0.2) is 0 Å². The van der Waals surface area contributed by atoms with Gasteiger partial charge in [-0.1, -0.05) is 12.1 Å². The molecule has 0 fully saturated rings. The molecule has 4 heteroatoms. The monoisotopic (exact) mass is 259 g/mol. The number of benzene rings is 2. The highest BCUT2D eigenvalue weighted by Crippen LogP contribution is 2.34. The van der Waals surface area contributed by atoms with E-state index in [-0.39, 0.29) is 23.3 Å². The van der Waals surface area contributed by atoms with Crippen molar-refractivity contribution in [1.82, 2.24) is 0 Å². The predicted molar refractivity (Wildman–Crippen MR) is 74.7 cm³/mol. The molecule has 0 bridgehead atoms. The van der Waals surface area contributed by atoms with Crippen molar-refractivity contribution in [3.05, 3.63) is 47.5 Å². The Morgan fingerprint density at radius 3 is 2.16 bits per heavy atom. The molecule has 1 unspecified atom stereocenters. The number of hydrogen-bond acceptors (Lipinski definition) is 4. The van der Waals surface area contributed by atoms with Crippen molar-refractivity contribution in [1.29, 1.82) is 0 Å². The first-order chi connectivity index (χ1) is 8.99. The van der Waals surface area contributed by atoms with Crippen LogP contribution in [-0.4, -0.2) is 15.3 Å². The van der Waals surface area contributed by atoms with Crippen LogP contribution in [0.25, 0.3) is 0 Å². The molecule has 0 aliphatic carbocycles. The van der Waals surface area contributed by atoms with Gasteiger partial charge in [0.2, 0.25) is 0 Å². The van der Waals surface area contributed by atoms with Gasteiger partial charge in [-0.15, -0.1) is 0 Å². The summed E-state index contributed by atoms with van der Waals surface area (Å²) in [6.45, 7) is 3.64. The van der Waals surface area contributed by atoms with Crippen molar-refractivity contribution in [3.63, 3.8) is 0 Å². The zero-order chi connectivity index (χ0) is 14.0. The van der Waals surface area contributed by atoms with Crippen molar-refractivity contribution in [3.8, 4) is 17.2 Å². The van der Waals surface area contributed by atoms with E-state index in [1.807, 2.05) is 19.9 Å². The van der Waals surface area contributed by atoms with Crippen molar-refractivity contribution in [2.75, 3.05) is 5.32 Å². The van der Waals surface area contributed by atoms with Gasteiger partial charge in [0.05, 0.1) is 11.6 Å². The highest BCUT2D eigenvalue weighted by atomic mass is 16.3. The lowest BCUT2D eigenvalue weighted by molar-refractivity contribution is 0.434. The number of hydrogen-bond donors (Lipinski definition) is 4. The van der Waals surface area contributed by atoms with E-state index in [1.165, 1.54) is 12.1 Å². The zero-order valence-electron chi connectivity index (χ0n) is 10.9. The summed E-state index contributed by atoms with van der Waals surface area (Å²) in [6.07, 6.45) is 0. The largest absolute Gasteiger partial charge is 0.508 e. The van der Waals surface area contributed by atoms with E-state index in [9.17, 15) is 15.3 Å². The molecule has 100 valence electrons. The fraction of sp³-hybridized carbons (Fsp3) is 0.200. The highest BCUT2D eigenvalue weighted by molar-refractivity contribution is 5.54. The van der Waals surface area contributed by atoms with Gasteiger partial charge in [0, 0.05) is 11.8 Å². The first-order valence-corrected chi connectivity index (χ1v) is 6.06. The van der Waals surface area contributed by atoms with Crippen LogP contribution >= 0.6 is 0 Å². The highest BCUT2D eigenvalue weighted by Gasteiger charge is 2.15. The Bertz CT molecular complexity index is 576. The van der Waals surface area contributed by atoms with E-state index in [2.05, 4.69) is 5.32 Å². The van der Waals surface area contributed by atoms with Crippen LogP contribution in [0.4, 0.5) is 5.69 Å². The minimum Gasteiger partial charge on any atom is -0.508 e. The van der Waals surface area contributed by atoms with Gasteiger partial charge in [0.1, 0.15) is 17.2 Å². The first-order valence-electron chi connectivity index (χ1n) is 6.06. The smallest absolute Gasteiger partial charge is 0.124 e. The van der Waals surface area contributed by atoms with Crippen molar-refractivity contribution >= 4 is 5.69 Å². The van der Waals surface area contributed by atoms with Gasteiger partial charge in [-0.2, -0.15) is 0 Å². The maximum absolute atomic E-state index is 9.79. The third-order valence-electron chi connectivity index (χ3n) is 3.09. The van der Waals surface area contributed by atoms with Crippen LogP contribution in [0.5, 0.6) is 17.2 Å². The molecule has 2 aromatic rings. The lowest BCUT2D eigenvalue weighted by Gasteiger charge is -2.18. The molecule has 0 heterocycles. The molecule has 0 amide bonds. The Labute approximate surface area is 112 Å². The van der Waals surface area contributed by atoms with E-state index >= 15 is 0 Å². The summed E-state index contributed by atoms with van der Waals surface area (Å²) in [7, 11) is 0. The number of rotatable bonds is 3. The standard InChI is InChI=1S/C15H17NO3/c1-9-6-7-11(8-14(9)19)16-10(2)15-12(17)4-3-5-13(15)18/h3-8,10,16-19H,1-2H3. The fourth-order valence-corrected chi connectivity index (χ4v) is 2.01. The van der Waals surface area contributed by atoms with E-state index in [0.717, 1.165) is 11.3 Å². The maximum atomic E-state index is 9.79. The average Bonchev–Trinajstić information content (AvgIpc) is 2.33. The maximum Gasteiger partial charge on any atom is 0.124 e. The van der Waals surface area contributed by atoms with Crippen LogP contribution in [0.15, 0.2) is 36.4 Å². The number of phenols is 3. The van der Waals surface area contributed by atoms with E-state index in [1.54, 1.807) is 18.2 Å². The van der Waals surface area contributed by atoms with Gasteiger partial charge in [-0.3, -0.25) is 0 Å². The Balaban J connectivity index is 2.25. The molecule has 4 N–H and O–H groups in total. The topological polar surface area (TPSA) is 72.7 Å². The number of anilines is 1. The molecular weight excluding hydrogens is 242 g/mol. The lowest BCUT2D eigenvalue weighted by atomic mass is 10.1. The number of nitrogens with one attached hydrogen (secondary N) is 1. The fourth-order valence-electron chi connectivity index (χ4n) is 2.01. The second-order valence-electron chi connectivity index (χ2n) is 4.58. The molecule has 19 heavy (non-hydrogen) atoms. The van der Waals surface area contributed by atoms with Crippen LogP contribution in [0.3, 0.4) is 0 Å². The van der Waals surface area contributed by atoms with E-state index in [4.69, 9.17) is 0 Å². The number of phenolic OH excluding ortho intramolecular Hbond substituents is 3. The van der Waals surface area contributed by atoms with Gasteiger partial charge < -0.3 is 20.6 Å². The normalized spacial score (nSPS) is 12.1. The van der Waals surface area contributed by atoms with Gasteiger partial charge >= 0.3 is 0 Å². The summed E-state index contributed by atoms with van der Waals surface area (Å²) in [5, 5.41) is 32.4. The van der Waals surface area contributed by atoms with Gasteiger partial charge in [0.25, 0.3) is 0 Å². The van der Waals surface area contributed by atoms with E-state index < -0.39 is 0 Å². The van der Waals surface area contributed by atoms with Crippen molar-refractivity contribution in [2.24, 2.45) is 0 Å². The zero-order valence-corrected chi connectivity index (χ0v) is 10.9. The summed E-state index contributed by atoms with van der Waals surface area (Å²) in [4.78, 5) is 0. The van der Waals surface area contributed by atoms with Crippen LogP contribution in [0.1, 0.15) is 24.1 Å². The molecule has 0 aromatic heterocycles. The molecule has 2 aromatic carbocycles. The molecule has 0 aliphatic heterocycles. The van der Waals surface area contributed by atoms with E-state index in [0.29, 0.717) is 5.56 Å². The summed E-state index contributed by atoms with van der Waals surface area (Å²) in [5.41, 5.74) is 1.95. The minimum absolute atomic E-state index is 0.0383. The Morgan fingerprint density at radius 2 is 1.58 bits per heavy atom. The molecule has 4 nitrogen and oxygen atoms in total. The van der Waals surface area contributed by atoms with Crippen molar-refractivity contribution in [2.45, 2.75) is 19.9 Å². The Kier molecular flexibility index (Phi) is 3.51. The molecule has 1 atom stereocenters. The molecular formula is C15H17NO3. The SMILES string of the molecule is Cc1ccc(NC(C)c2c(O)cccc2O)cc1O. The van der Waals surface area contributed by atoms with Crippen molar-refractivity contribution < 1.29 is 15.3 Å². The Hall–Kier alpha value is -2.36. The third kappa shape index (κ3) is 2.73. The lowest BCUT2D eigenvalue weighted by Crippen LogP contribution is -2.07. The summed E-state index contributed by atoms with van der Waals surface area (Å²) in [6, 6.07) is 9.60. The molecule has 0 saturated carbocycles. The van der Waals surface area contributed by atoms with Crippen LogP contribution in [-0.2, 0) is 0 Å². The molecule has 0 aliphatic rings. The minimum atomic E-state index is -0.289. The quantitative estimate of drug-likeness (QED) is 0.682. The number of aromatic hydroxyl groups is 3. The predicted octanol–water partition coefficient (Wildman–Crippen LogP) is 3.28. The molecule has 2 rings (SSSR count). The van der Waals surface area contributed by atoms with Gasteiger partial charge in [-0.05, 0) is 37.6 Å². The van der Waals surface area contributed by atoms with Gasteiger partial charge in [-0.25, -0.2) is 0 Å². The summed E-state index contributed by atoms with van der Waals surface area (Å²) < 4.78 is 0. The molecule has 0 radical (unpaired) electrons. The number of aryl methyl sites for hydroxylation is 1. The van der Waals surface area contributed by atoms with Crippen LogP contribution in [0, 0.1) is 6.92 Å². The summed E-state index contributed by atoms with van der Waals surface area (Å²) in [5.74, 6) is 0.284. The first kappa shape index (κ1) is 13.1. The Morgan fingerprint density at radius 1 is 0.947 bits per heavy atom. The third-order valence-corrected chi connectivity index (χ3v) is 3.09.